The minimum atomic E-state index is 0.522. The fourth-order valence-electron chi connectivity index (χ4n) is 3.04. The van der Waals surface area contributed by atoms with Crippen molar-refractivity contribution in [2.75, 3.05) is 13.2 Å². The van der Waals surface area contributed by atoms with E-state index in [0.29, 0.717) is 18.1 Å². The fourth-order valence-corrected chi connectivity index (χ4v) is 3.04. The smallest absolute Gasteiger partial charge is 0.0625 e. The molecule has 19 heavy (non-hydrogen) atoms. The van der Waals surface area contributed by atoms with E-state index < -0.39 is 0 Å². The molecule has 114 valence electrons. The van der Waals surface area contributed by atoms with Crippen molar-refractivity contribution in [2.45, 2.75) is 84.8 Å². The fraction of sp³-hybridized carbons (Fsp3) is 1.00. The first-order valence-electron chi connectivity index (χ1n) is 8.56. The highest BCUT2D eigenvalue weighted by Gasteiger charge is 2.23. The standard InChI is InChI=1S/C17H35NO/c1-5-11-18-17(14(4)6-2)13-19-16-10-8-9-15(7-3)12-16/h14-18H,5-13H2,1-4H3. The first-order chi connectivity index (χ1) is 9.21. The second kappa shape index (κ2) is 9.77. The van der Waals surface area contributed by atoms with Crippen molar-refractivity contribution >= 4 is 0 Å². The molecular formula is C17H35NO. The second-order valence-electron chi connectivity index (χ2n) is 6.34. The van der Waals surface area contributed by atoms with Gasteiger partial charge in [-0.05, 0) is 37.6 Å². The van der Waals surface area contributed by atoms with Crippen LogP contribution in [0.3, 0.4) is 0 Å². The summed E-state index contributed by atoms with van der Waals surface area (Å²) in [6, 6.07) is 0.534. The van der Waals surface area contributed by atoms with Crippen LogP contribution >= 0.6 is 0 Å². The Morgan fingerprint density at radius 3 is 2.63 bits per heavy atom. The summed E-state index contributed by atoms with van der Waals surface area (Å²) in [4.78, 5) is 0. The Kier molecular flexibility index (Phi) is 8.72. The quantitative estimate of drug-likeness (QED) is 0.670. The SMILES string of the molecule is CCCNC(COC1CCCC(CC)C1)C(C)CC. The summed E-state index contributed by atoms with van der Waals surface area (Å²) < 4.78 is 6.23. The van der Waals surface area contributed by atoms with E-state index >= 15 is 0 Å². The van der Waals surface area contributed by atoms with Crippen LogP contribution in [0.15, 0.2) is 0 Å². The van der Waals surface area contributed by atoms with E-state index in [2.05, 4.69) is 33.0 Å². The molecule has 2 nitrogen and oxygen atoms in total. The summed E-state index contributed by atoms with van der Waals surface area (Å²) in [7, 11) is 0. The van der Waals surface area contributed by atoms with Crippen LogP contribution in [0.2, 0.25) is 0 Å². The van der Waals surface area contributed by atoms with Crippen molar-refractivity contribution in [3.05, 3.63) is 0 Å². The Hall–Kier alpha value is -0.0800. The molecule has 2 heteroatoms. The molecular weight excluding hydrogens is 234 g/mol. The molecule has 0 radical (unpaired) electrons. The lowest BCUT2D eigenvalue weighted by Crippen LogP contribution is -2.40. The summed E-state index contributed by atoms with van der Waals surface area (Å²) in [5, 5.41) is 3.66. The van der Waals surface area contributed by atoms with Crippen LogP contribution < -0.4 is 5.32 Å². The highest BCUT2D eigenvalue weighted by molar-refractivity contribution is 4.76. The molecule has 4 unspecified atom stereocenters. The van der Waals surface area contributed by atoms with Gasteiger partial charge in [0.05, 0.1) is 12.7 Å². The molecule has 0 heterocycles. The summed E-state index contributed by atoms with van der Waals surface area (Å²) in [6.07, 6.45) is 9.62. The molecule has 1 saturated carbocycles. The van der Waals surface area contributed by atoms with Gasteiger partial charge in [-0.25, -0.2) is 0 Å². The first kappa shape index (κ1) is 17.0. The van der Waals surface area contributed by atoms with Crippen molar-refractivity contribution < 1.29 is 4.74 Å². The highest BCUT2D eigenvalue weighted by Crippen LogP contribution is 2.28. The van der Waals surface area contributed by atoms with Gasteiger partial charge in [-0.1, -0.05) is 53.4 Å². The topological polar surface area (TPSA) is 21.3 Å². The Labute approximate surface area is 120 Å². The Morgan fingerprint density at radius 1 is 1.21 bits per heavy atom. The monoisotopic (exact) mass is 269 g/mol. The average molecular weight is 269 g/mol. The van der Waals surface area contributed by atoms with Crippen LogP contribution in [0.4, 0.5) is 0 Å². The third-order valence-electron chi connectivity index (χ3n) is 4.81. The summed E-state index contributed by atoms with van der Waals surface area (Å²) in [5.74, 6) is 1.61. The number of nitrogens with one attached hydrogen (secondary N) is 1. The van der Waals surface area contributed by atoms with Crippen LogP contribution in [0.5, 0.6) is 0 Å². The highest BCUT2D eigenvalue weighted by atomic mass is 16.5. The molecule has 0 spiro atoms. The molecule has 1 fully saturated rings. The summed E-state index contributed by atoms with van der Waals surface area (Å²) in [5.41, 5.74) is 0. The van der Waals surface area contributed by atoms with E-state index in [9.17, 15) is 0 Å². The number of ether oxygens (including phenoxy) is 1. The molecule has 1 N–H and O–H groups in total. The van der Waals surface area contributed by atoms with E-state index in [1.54, 1.807) is 0 Å². The lowest BCUT2D eigenvalue weighted by molar-refractivity contribution is -0.00532. The zero-order valence-corrected chi connectivity index (χ0v) is 13.6. The zero-order chi connectivity index (χ0) is 14.1. The molecule has 0 aromatic carbocycles. The molecule has 1 aliphatic carbocycles. The van der Waals surface area contributed by atoms with E-state index in [1.807, 2.05) is 0 Å². The van der Waals surface area contributed by atoms with Gasteiger partial charge in [-0.15, -0.1) is 0 Å². The lowest BCUT2D eigenvalue weighted by atomic mass is 9.85. The molecule has 0 aromatic heterocycles. The van der Waals surface area contributed by atoms with Crippen molar-refractivity contribution in [3.63, 3.8) is 0 Å². The Morgan fingerprint density at radius 2 is 2.00 bits per heavy atom. The normalized spacial score (nSPS) is 27.2. The maximum Gasteiger partial charge on any atom is 0.0625 e. The van der Waals surface area contributed by atoms with Gasteiger partial charge in [-0.3, -0.25) is 0 Å². The minimum Gasteiger partial charge on any atom is -0.377 e. The molecule has 0 aliphatic heterocycles. The van der Waals surface area contributed by atoms with Crippen LogP contribution in [0, 0.1) is 11.8 Å². The van der Waals surface area contributed by atoms with Crippen molar-refractivity contribution in [2.24, 2.45) is 11.8 Å². The van der Waals surface area contributed by atoms with Gasteiger partial charge in [0.1, 0.15) is 0 Å². The van der Waals surface area contributed by atoms with Gasteiger partial charge in [0, 0.05) is 6.04 Å². The maximum absolute atomic E-state index is 6.23. The van der Waals surface area contributed by atoms with Gasteiger partial charge in [0.25, 0.3) is 0 Å². The molecule has 1 aliphatic rings. The van der Waals surface area contributed by atoms with Gasteiger partial charge in [0.2, 0.25) is 0 Å². The second-order valence-corrected chi connectivity index (χ2v) is 6.34. The maximum atomic E-state index is 6.23. The van der Waals surface area contributed by atoms with Gasteiger partial charge in [0.15, 0.2) is 0 Å². The average Bonchev–Trinajstić information content (AvgIpc) is 2.46. The van der Waals surface area contributed by atoms with E-state index in [1.165, 1.54) is 44.9 Å². The summed E-state index contributed by atoms with van der Waals surface area (Å²) in [6.45, 7) is 11.2. The third kappa shape index (κ3) is 6.27. The van der Waals surface area contributed by atoms with Gasteiger partial charge >= 0.3 is 0 Å². The molecule has 1 rings (SSSR count). The van der Waals surface area contributed by atoms with Crippen LogP contribution in [0.25, 0.3) is 0 Å². The van der Waals surface area contributed by atoms with E-state index in [4.69, 9.17) is 4.74 Å². The van der Waals surface area contributed by atoms with Crippen LogP contribution in [-0.2, 0) is 4.74 Å². The minimum absolute atomic E-state index is 0.522. The van der Waals surface area contributed by atoms with Crippen molar-refractivity contribution in [1.29, 1.82) is 0 Å². The predicted molar refractivity (Wildman–Crippen MR) is 83.5 cm³/mol. The van der Waals surface area contributed by atoms with E-state index in [-0.39, 0.29) is 0 Å². The van der Waals surface area contributed by atoms with Gasteiger partial charge in [-0.2, -0.15) is 0 Å². The molecule has 0 saturated heterocycles. The largest absolute Gasteiger partial charge is 0.377 e. The van der Waals surface area contributed by atoms with Crippen LogP contribution in [0.1, 0.15) is 72.6 Å². The molecule has 4 atom stereocenters. The summed E-state index contributed by atoms with van der Waals surface area (Å²) >= 11 is 0. The van der Waals surface area contributed by atoms with Gasteiger partial charge < -0.3 is 10.1 Å². The van der Waals surface area contributed by atoms with Crippen LogP contribution in [-0.4, -0.2) is 25.3 Å². The zero-order valence-electron chi connectivity index (χ0n) is 13.6. The predicted octanol–water partition coefficient (Wildman–Crippen LogP) is 4.39. The molecule has 0 amide bonds. The lowest BCUT2D eigenvalue weighted by Gasteiger charge is -2.31. The third-order valence-corrected chi connectivity index (χ3v) is 4.81. The Bertz CT molecular complexity index is 219. The number of hydrogen-bond acceptors (Lipinski definition) is 2. The number of hydrogen-bond donors (Lipinski definition) is 1. The van der Waals surface area contributed by atoms with Crippen molar-refractivity contribution in [3.8, 4) is 0 Å². The van der Waals surface area contributed by atoms with E-state index in [0.717, 1.165) is 19.1 Å². The Balaban J connectivity index is 2.33. The van der Waals surface area contributed by atoms with Crippen molar-refractivity contribution in [1.82, 2.24) is 5.32 Å². The first-order valence-corrected chi connectivity index (χ1v) is 8.56. The number of rotatable bonds is 9. The molecule has 0 bridgehead atoms. The molecule has 0 aromatic rings.